The Kier molecular flexibility index (Phi) is 3.10. The lowest BCUT2D eigenvalue weighted by Crippen LogP contribution is -2.77. The number of hydrogen-bond acceptors (Lipinski definition) is 3. The Morgan fingerprint density at radius 2 is 2.00 bits per heavy atom. The maximum absolute atomic E-state index is 10.6. The Balaban J connectivity index is 2.26. The van der Waals surface area contributed by atoms with Crippen LogP contribution in [-0.2, 0) is 4.65 Å². The molecule has 98 valence electrons. The maximum Gasteiger partial charge on any atom is 0.473 e. The Bertz CT molecular complexity index is 309. The first-order chi connectivity index (χ1) is 7.64. The van der Waals surface area contributed by atoms with Crippen LogP contribution in [0.3, 0.4) is 0 Å². The second-order valence-electron chi connectivity index (χ2n) is 6.45. The zero-order chi connectivity index (χ0) is 13.1. The molecule has 3 fully saturated rings. The molecule has 4 atom stereocenters. The quantitative estimate of drug-likeness (QED) is 0.603. The van der Waals surface area contributed by atoms with E-state index in [-0.39, 0.29) is 5.41 Å². The van der Waals surface area contributed by atoms with Crippen molar-refractivity contribution in [2.75, 3.05) is 0 Å². The molecule has 0 aromatic rings. The molecule has 3 saturated carbocycles. The fraction of sp³-hybridized carbons (Fsp3) is 1.00. The minimum atomic E-state index is -1.03. The molecule has 0 heterocycles. The topological polar surface area (TPSA) is 49.7 Å². The molecular weight excluding hydrogens is 238 g/mol. The van der Waals surface area contributed by atoms with Crippen LogP contribution in [0.15, 0.2) is 0 Å². The molecule has 0 amide bonds. The van der Waals surface area contributed by atoms with E-state index in [1.165, 1.54) is 0 Å². The van der Waals surface area contributed by atoms with Gasteiger partial charge in [-0.15, -0.1) is 11.6 Å². The Hall–Kier alpha value is 0.235. The highest BCUT2D eigenvalue weighted by atomic mass is 35.5. The van der Waals surface area contributed by atoms with Gasteiger partial charge in [0.1, 0.15) is 0 Å². The molecule has 0 aliphatic heterocycles. The maximum atomic E-state index is 10.6. The summed E-state index contributed by atoms with van der Waals surface area (Å²) in [4.78, 5) is 0. The second-order valence-corrected chi connectivity index (χ2v) is 7.14. The van der Waals surface area contributed by atoms with Crippen LogP contribution in [-0.4, -0.2) is 33.7 Å². The lowest BCUT2D eigenvalue weighted by atomic mass is 9.40. The molecule has 3 rings (SSSR count). The summed E-state index contributed by atoms with van der Waals surface area (Å²) >= 11 is 5.86. The Morgan fingerprint density at radius 1 is 1.41 bits per heavy atom. The van der Waals surface area contributed by atoms with E-state index in [0.717, 1.165) is 19.3 Å². The number of fused-ring (bicyclic) bond motifs is 2. The summed E-state index contributed by atoms with van der Waals surface area (Å²) in [7, 11) is -1.03. The third-order valence-corrected chi connectivity index (χ3v) is 5.38. The first-order valence-electron chi connectivity index (χ1n) is 6.36. The monoisotopic (exact) mass is 260 g/mol. The molecule has 0 aromatic heterocycles. The first-order valence-corrected chi connectivity index (χ1v) is 6.80. The van der Waals surface area contributed by atoms with Crippen molar-refractivity contribution in [3.63, 3.8) is 0 Å². The zero-order valence-electron chi connectivity index (χ0n) is 11.0. The third-order valence-electron chi connectivity index (χ3n) is 5.16. The van der Waals surface area contributed by atoms with Crippen LogP contribution < -0.4 is 0 Å². The molecule has 2 N–H and O–H groups in total. The van der Waals surface area contributed by atoms with Crippen LogP contribution >= 0.6 is 11.6 Å². The van der Waals surface area contributed by atoms with Gasteiger partial charge in [-0.25, -0.2) is 0 Å². The van der Waals surface area contributed by atoms with Gasteiger partial charge in [0.25, 0.3) is 0 Å². The molecule has 2 bridgehead atoms. The molecule has 0 saturated heterocycles. The van der Waals surface area contributed by atoms with Crippen molar-refractivity contribution in [2.45, 2.75) is 63.4 Å². The summed E-state index contributed by atoms with van der Waals surface area (Å²) in [5.41, 5.74) is -1.66. The molecular formula is C12H22BClO3. The summed E-state index contributed by atoms with van der Waals surface area (Å²) < 4.78 is 5.81. The van der Waals surface area contributed by atoms with Crippen molar-refractivity contribution in [3.8, 4) is 0 Å². The fourth-order valence-electron chi connectivity index (χ4n) is 3.72. The number of hydrogen-bond donors (Lipinski definition) is 2. The standard InChI is InChI=1S/C12H22BClO3/c1-8(14)13(16)17-12-7-9(10(12,2)3)5-6-11(12,4)15/h8-9,15-16H,5-7H2,1-4H3/t8-,9?,11?,12?/m1/s1. The van der Waals surface area contributed by atoms with Crippen LogP contribution in [0.2, 0.25) is 0 Å². The van der Waals surface area contributed by atoms with Crippen molar-refractivity contribution in [2.24, 2.45) is 11.3 Å². The van der Waals surface area contributed by atoms with Gasteiger partial charge in [-0.05, 0) is 37.5 Å². The van der Waals surface area contributed by atoms with E-state index in [1.807, 2.05) is 6.92 Å². The van der Waals surface area contributed by atoms with Crippen molar-refractivity contribution < 1.29 is 14.8 Å². The minimum absolute atomic E-state index is 0.110. The van der Waals surface area contributed by atoms with Crippen LogP contribution in [0.4, 0.5) is 0 Å². The van der Waals surface area contributed by atoms with Crippen molar-refractivity contribution >= 4 is 18.7 Å². The summed E-state index contributed by atoms with van der Waals surface area (Å²) in [6.07, 6.45) is 2.57. The summed E-state index contributed by atoms with van der Waals surface area (Å²) in [5.74, 6) is 0.570. The lowest BCUT2D eigenvalue weighted by molar-refractivity contribution is -0.304. The largest absolute Gasteiger partial charge is 0.473 e. The highest BCUT2D eigenvalue weighted by molar-refractivity contribution is 6.58. The molecule has 0 radical (unpaired) electrons. The molecule has 5 heteroatoms. The predicted octanol–water partition coefficient (Wildman–Crippen LogP) is 1.98. The third kappa shape index (κ3) is 1.68. The van der Waals surface area contributed by atoms with Gasteiger partial charge in [-0.1, -0.05) is 20.8 Å². The first kappa shape index (κ1) is 13.7. The zero-order valence-corrected chi connectivity index (χ0v) is 11.8. The Labute approximate surface area is 109 Å². The van der Waals surface area contributed by atoms with Gasteiger partial charge in [0.05, 0.1) is 16.5 Å². The van der Waals surface area contributed by atoms with Crippen LogP contribution in [0, 0.1) is 11.3 Å². The highest BCUT2D eigenvalue weighted by Crippen LogP contribution is 2.67. The number of halogens is 1. The van der Waals surface area contributed by atoms with E-state index in [0.29, 0.717) is 5.92 Å². The molecule has 3 nitrogen and oxygen atoms in total. The molecule has 0 aromatic carbocycles. The van der Waals surface area contributed by atoms with E-state index in [2.05, 4.69) is 13.8 Å². The molecule has 3 aliphatic carbocycles. The van der Waals surface area contributed by atoms with Gasteiger partial charge >= 0.3 is 7.12 Å². The van der Waals surface area contributed by atoms with E-state index in [1.54, 1.807) is 6.92 Å². The highest BCUT2D eigenvalue weighted by Gasteiger charge is 2.71. The molecule has 0 spiro atoms. The van der Waals surface area contributed by atoms with Gasteiger partial charge in [-0.2, -0.15) is 0 Å². The van der Waals surface area contributed by atoms with E-state index in [4.69, 9.17) is 16.3 Å². The van der Waals surface area contributed by atoms with Crippen molar-refractivity contribution in [1.82, 2.24) is 0 Å². The van der Waals surface area contributed by atoms with Crippen molar-refractivity contribution in [1.29, 1.82) is 0 Å². The van der Waals surface area contributed by atoms with E-state index in [9.17, 15) is 10.1 Å². The lowest BCUT2D eigenvalue weighted by Gasteiger charge is -2.71. The molecule has 3 aliphatic rings. The van der Waals surface area contributed by atoms with Crippen molar-refractivity contribution in [3.05, 3.63) is 0 Å². The number of aliphatic hydroxyl groups is 1. The summed E-state index contributed by atoms with van der Waals surface area (Å²) in [6, 6.07) is 0. The summed E-state index contributed by atoms with van der Waals surface area (Å²) in [5, 5.41) is 20.0. The van der Waals surface area contributed by atoms with E-state index >= 15 is 0 Å². The van der Waals surface area contributed by atoms with Crippen LogP contribution in [0.5, 0.6) is 0 Å². The normalized spacial score (nSPS) is 45.0. The van der Waals surface area contributed by atoms with Gasteiger partial charge in [0, 0.05) is 0 Å². The predicted molar refractivity (Wildman–Crippen MR) is 68.8 cm³/mol. The average molecular weight is 261 g/mol. The average Bonchev–Trinajstić information content (AvgIpc) is 2.19. The number of alkyl halides is 1. The van der Waals surface area contributed by atoms with Gasteiger partial charge in [0.15, 0.2) is 0 Å². The second kappa shape index (κ2) is 3.86. The number of rotatable bonds is 3. The van der Waals surface area contributed by atoms with Gasteiger partial charge in [0.2, 0.25) is 0 Å². The SMILES string of the molecule is C[C@@H](Cl)B(O)OC12CC(CCC1(C)O)C2(C)C. The smallest absolute Gasteiger partial charge is 0.426 e. The Morgan fingerprint density at radius 3 is 2.41 bits per heavy atom. The summed E-state index contributed by atoms with van der Waals surface area (Å²) in [6.45, 7) is 7.74. The molecule has 3 unspecified atom stereocenters. The van der Waals surface area contributed by atoms with E-state index < -0.39 is 23.6 Å². The molecule has 17 heavy (non-hydrogen) atoms. The van der Waals surface area contributed by atoms with Crippen LogP contribution in [0.1, 0.15) is 47.0 Å². The minimum Gasteiger partial charge on any atom is -0.426 e. The fourth-order valence-corrected chi connectivity index (χ4v) is 3.78. The van der Waals surface area contributed by atoms with Gasteiger partial charge in [-0.3, -0.25) is 0 Å². The van der Waals surface area contributed by atoms with Crippen LogP contribution in [0.25, 0.3) is 0 Å². The van der Waals surface area contributed by atoms with Gasteiger partial charge < -0.3 is 14.8 Å².